The summed E-state index contributed by atoms with van der Waals surface area (Å²) in [6.07, 6.45) is 6.85. The van der Waals surface area contributed by atoms with E-state index >= 15 is 0 Å². The summed E-state index contributed by atoms with van der Waals surface area (Å²) in [5.74, 6) is 0.123. The van der Waals surface area contributed by atoms with Gasteiger partial charge in [0.25, 0.3) is 5.56 Å². The normalized spacial score (nSPS) is 20.5. The van der Waals surface area contributed by atoms with Crippen molar-refractivity contribution in [1.82, 2.24) is 9.97 Å². The Balaban J connectivity index is 1.60. The Hall–Kier alpha value is -2.86. The molecule has 1 heterocycles. The molecule has 5 rings (SSSR count). The monoisotopic (exact) mass is 488 g/mol. The molecule has 5 nitrogen and oxygen atoms in total. The Morgan fingerprint density at radius 2 is 1.83 bits per heavy atom. The lowest BCUT2D eigenvalue weighted by atomic mass is 9.60. The molecule has 6 heteroatoms. The quantitative estimate of drug-likeness (QED) is 0.253. The van der Waals surface area contributed by atoms with Crippen LogP contribution in [-0.4, -0.2) is 22.5 Å². The molecule has 1 fully saturated rings. The van der Waals surface area contributed by atoms with Gasteiger partial charge in [0.15, 0.2) is 5.16 Å². The number of hydrogen-bond acceptors (Lipinski definition) is 5. The van der Waals surface area contributed by atoms with Crippen molar-refractivity contribution >= 4 is 17.7 Å². The van der Waals surface area contributed by atoms with Crippen molar-refractivity contribution in [3.05, 3.63) is 81.6 Å². The minimum atomic E-state index is -0.610. The Morgan fingerprint density at radius 1 is 1.11 bits per heavy atom. The number of nitrogens with zero attached hydrogens (tertiary/aromatic N) is 1. The standard InChI is InChI=1S/C29H32N2O3S/c1-3-34-27(33)25(19-12-6-4-7-13-19)35-28-30-24-22-17-11-10-14-20(22)18-29(2,23(24)26(32)31-28)21-15-8-5-9-16-21/h4,6-7,10-14,17,21,25H,3,5,8-9,15-16,18H2,1-2H3,(H,30,31,32). The van der Waals surface area contributed by atoms with Crippen molar-refractivity contribution in [2.45, 2.75) is 68.2 Å². The molecule has 0 spiro atoms. The summed E-state index contributed by atoms with van der Waals surface area (Å²) >= 11 is 1.25. The number of benzene rings is 2. The van der Waals surface area contributed by atoms with Crippen molar-refractivity contribution in [3.8, 4) is 11.3 Å². The van der Waals surface area contributed by atoms with Gasteiger partial charge in [-0.2, -0.15) is 0 Å². The van der Waals surface area contributed by atoms with E-state index in [4.69, 9.17) is 9.72 Å². The molecule has 2 aliphatic carbocycles. The van der Waals surface area contributed by atoms with Crippen LogP contribution in [-0.2, 0) is 21.4 Å². The number of fused-ring (bicyclic) bond motifs is 3. The third kappa shape index (κ3) is 4.56. The summed E-state index contributed by atoms with van der Waals surface area (Å²) in [5, 5.41) is -0.167. The molecule has 0 bridgehead atoms. The molecule has 1 saturated carbocycles. The summed E-state index contributed by atoms with van der Waals surface area (Å²) in [5.41, 5.74) is 4.32. The fourth-order valence-electron chi connectivity index (χ4n) is 5.92. The van der Waals surface area contributed by atoms with Gasteiger partial charge in [-0.05, 0) is 43.2 Å². The van der Waals surface area contributed by atoms with E-state index in [0.717, 1.165) is 41.6 Å². The fraction of sp³-hybridized carbons (Fsp3) is 0.414. The molecular formula is C29H32N2O3S. The molecule has 3 aromatic rings. The number of nitrogens with one attached hydrogen (secondary N) is 1. The van der Waals surface area contributed by atoms with Gasteiger partial charge in [-0.15, -0.1) is 0 Å². The van der Waals surface area contributed by atoms with Gasteiger partial charge in [0.1, 0.15) is 5.25 Å². The second-order valence-corrected chi connectivity index (χ2v) is 10.9. The summed E-state index contributed by atoms with van der Waals surface area (Å²) in [4.78, 5) is 34.7. The van der Waals surface area contributed by atoms with Crippen LogP contribution < -0.4 is 5.56 Å². The molecule has 1 aromatic heterocycles. The van der Waals surface area contributed by atoms with Crippen LogP contribution in [0.15, 0.2) is 64.5 Å². The molecule has 0 saturated heterocycles. The van der Waals surface area contributed by atoms with Crippen LogP contribution in [0.25, 0.3) is 11.3 Å². The van der Waals surface area contributed by atoms with Gasteiger partial charge in [0.2, 0.25) is 0 Å². The number of thioether (sulfide) groups is 1. The number of aromatic nitrogens is 2. The SMILES string of the molecule is CCOC(=O)C(Sc1nc2c(c(=O)[nH]1)C(C)(C1CCCCC1)Cc1ccccc1-2)c1ccccc1. The number of carbonyl (C=O) groups excluding carboxylic acids is 1. The lowest BCUT2D eigenvalue weighted by molar-refractivity contribution is -0.142. The smallest absolute Gasteiger partial charge is 0.324 e. The van der Waals surface area contributed by atoms with E-state index in [1.165, 1.54) is 36.6 Å². The first-order valence-electron chi connectivity index (χ1n) is 12.6. The zero-order chi connectivity index (χ0) is 24.4. The molecule has 182 valence electrons. The van der Waals surface area contributed by atoms with E-state index in [1.54, 1.807) is 6.92 Å². The van der Waals surface area contributed by atoms with Crippen LogP contribution in [0.2, 0.25) is 0 Å². The Morgan fingerprint density at radius 3 is 2.57 bits per heavy atom. The summed E-state index contributed by atoms with van der Waals surface area (Å²) in [7, 11) is 0. The average Bonchev–Trinajstić information content (AvgIpc) is 2.88. The molecule has 0 aliphatic heterocycles. The number of hydrogen-bond donors (Lipinski definition) is 1. The van der Waals surface area contributed by atoms with E-state index in [2.05, 4.69) is 30.1 Å². The van der Waals surface area contributed by atoms with Crippen LogP contribution in [0, 0.1) is 5.92 Å². The fourth-order valence-corrected chi connectivity index (χ4v) is 6.90. The van der Waals surface area contributed by atoms with Crippen LogP contribution in [0.4, 0.5) is 0 Å². The summed E-state index contributed by atoms with van der Waals surface area (Å²) in [6.45, 7) is 4.35. The van der Waals surface area contributed by atoms with E-state index in [9.17, 15) is 9.59 Å². The van der Waals surface area contributed by atoms with Crippen molar-refractivity contribution in [3.63, 3.8) is 0 Å². The number of H-pyrrole nitrogens is 1. The predicted molar refractivity (Wildman–Crippen MR) is 140 cm³/mol. The zero-order valence-corrected chi connectivity index (χ0v) is 21.2. The largest absolute Gasteiger partial charge is 0.465 e. The zero-order valence-electron chi connectivity index (χ0n) is 20.4. The highest BCUT2D eigenvalue weighted by molar-refractivity contribution is 8.00. The van der Waals surface area contributed by atoms with Gasteiger partial charge in [0, 0.05) is 11.0 Å². The molecule has 2 aliphatic rings. The number of carbonyl (C=O) groups is 1. The molecule has 1 N–H and O–H groups in total. The Bertz CT molecular complexity index is 1270. The van der Waals surface area contributed by atoms with Gasteiger partial charge in [-0.1, -0.05) is 92.5 Å². The van der Waals surface area contributed by atoms with Crippen LogP contribution in [0.1, 0.15) is 67.9 Å². The first-order chi connectivity index (χ1) is 17.0. The third-order valence-corrected chi connectivity index (χ3v) is 8.75. The van der Waals surface area contributed by atoms with E-state index in [1.807, 2.05) is 36.4 Å². The number of rotatable bonds is 6. The number of aromatic amines is 1. The highest BCUT2D eigenvalue weighted by Gasteiger charge is 2.44. The number of ether oxygens (including phenoxy) is 1. The third-order valence-electron chi connectivity index (χ3n) is 7.64. The average molecular weight is 489 g/mol. The van der Waals surface area contributed by atoms with Crippen LogP contribution in [0.5, 0.6) is 0 Å². The topological polar surface area (TPSA) is 72.0 Å². The van der Waals surface area contributed by atoms with Crippen molar-refractivity contribution < 1.29 is 9.53 Å². The minimum absolute atomic E-state index is 0.0873. The molecule has 35 heavy (non-hydrogen) atoms. The van der Waals surface area contributed by atoms with Crippen LogP contribution >= 0.6 is 11.8 Å². The van der Waals surface area contributed by atoms with Gasteiger partial charge >= 0.3 is 5.97 Å². The molecule has 0 amide bonds. The van der Waals surface area contributed by atoms with Crippen molar-refractivity contribution in [1.29, 1.82) is 0 Å². The van der Waals surface area contributed by atoms with Crippen LogP contribution in [0.3, 0.4) is 0 Å². The van der Waals surface area contributed by atoms with Gasteiger partial charge in [0.05, 0.1) is 17.9 Å². The Kier molecular flexibility index (Phi) is 6.83. The molecule has 0 radical (unpaired) electrons. The minimum Gasteiger partial charge on any atom is -0.465 e. The van der Waals surface area contributed by atoms with E-state index in [-0.39, 0.29) is 16.9 Å². The van der Waals surface area contributed by atoms with Crippen molar-refractivity contribution in [2.24, 2.45) is 5.92 Å². The van der Waals surface area contributed by atoms with E-state index in [0.29, 0.717) is 17.7 Å². The van der Waals surface area contributed by atoms with Gasteiger partial charge < -0.3 is 9.72 Å². The molecular weight excluding hydrogens is 456 g/mol. The van der Waals surface area contributed by atoms with Gasteiger partial charge in [-0.3, -0.25) is 9.59 Å². The molecule has 2 unspecified atom stereocenters. The maximum absolute atomic E-state index is 13.7. The summed E-state index contributed by atoms with van der Waals surface area (Å²) in [6, 6.07) is 17.8. The second-order valence-electron chi connectivity index (χ2n) is 9.84. The molecule has 2 aromatic carbocycles. The van der Waals surface area contributed by atoms with E-state index < -0.39 is 5.25 Å². The van der Waals surface area contributed by atoms with Crippen molar-refractivity contribution in [2.75, 3.05) is 6.61 Å². The first-order valence-corrected chi connectivity index (χ1v) is 13.5. The highest BCUT2D eigenvalue weighted by Crippen LogP contribution is 2.49. The lowest BCUT2D eigenvalue weighted by Gasteiger charge is -2.43. The molecule has 2 atom stereocenters. The summed E-state index contributed by atoms with van der Waals surface area (Å²) < 4.78 is 5.36. The number of esters is 1. The Labute approximate surface area is 210 Å². The lowest BCUT2D eigenvalue weighted by Crippen LogP contribution is -2.43. The first kappa shape index (κ1) is 23.9. The van der Waals surface area contributed by atoms with Gasteiger partial charge in [-0.25, -0.2) is 4.98 Å². The maximum atomic E-state index is 13.7. The maximum Gasteiger partial charge on any atom is 0.324 e. The highest BCUT2D eigenvalue weighted by atomic mass is 32.2. The predicted octanol–water partition coefficient (Wildman–Crippen LogP) is 6.23. The second kappa shape index (κ2) is 10.0.